The molecule has 0 aliphatic carbocycles. The number of carboxylic acid groups (broad SMARTS) is 1. The number of hydrogen-bond donors (Lipinski definition) is 4. The molecule has 0 aliphatic rings. The molecule has 5 N–H and O–H groups in total. The van der Waals surface area contributed by atoms with Crippen LogP contribution in [0.4, 0.5) is 4.79 Å². The molecule has 0 radical (unpaired) electrons. The van der Waals surface area contributed by atoms with Crippen LogP contribution >= 0.6 is 0 Å². The fourth-order valence-corrected chi connectivity index (χ4v) is 1.51. The molecule has 0 aliphatic heterocycles. The number of unbranched alkanes of at least 4 members (excludes halogenated alkanes) is 1. The lowest BCUT2D eigenvalue weighted by atomic mass is 10.1. The third-order valence-electron chi connectivity index (χ3n) is 2.60. The van der Waals surface area contributed by atoms with Gasteiger partial charge in [0.1, 0.15) is 6.04 Å². The molecular formula is C12H24N4O4. The Hall–Kier alpha value is -1.83. The predicted molar refractivity (Wildman–Crippen MR) is 74.2 cm³/mol. The molecule has 1 atom stereocenters. The van der Waals surface area contributed by atoms with Crippen molar-refractivity contribution in [2.24, 2.45) is 5.73 Å². The molecule has 0 fully saturated rings. The Balaban J connectivity index is 3.89. The van der Waals surface area contributed by atoms with Crippen molar-refractivity contribution in [2.45, 2.75) is 31.7 Å². The number of carbonyl (C=O) groups excluding carboxylic acids is 2. The van der Waals surface area contributed by atoms with Gasteiger partial charge < -0.3 is 26.4 Å². The second-order valence-electron chi connectivity index (χ2n) is 4.81. The lowest BCUT2D eigenvalue weighted by Crippen LogP contribution is -2.46. The molecular weight excluding hydrogens is 264 g/mol. The minimum atomic E-state index is -1.19. The number of rotatable bonds is 10. The van der Waals surface area contributed by atoms with Crippen LogP contribution in [-0.4, -0.2) is 61.1 Å². The molecule has 0 heterocycles. The van der Waals surface area contributed by atoms with Gasteiger partial charge in [0.25, 0.3) is 0 Å². The van der Waals surface area contributed by atoms with Crippen molar-refractivity contribution >= 4 is 17.9 Å². The fourth-order valence-electron chi connectivity index (χ4n) is 1.51. The second-order valence-corrected chi connectivity index (χ2v) is 4.81. The summed E-state index contributed by atoms with van der Waals surface area (Å²) in [4.78, 5) is 35.0. The summed E-state index contributed by atoms with van der Waals surface area (Å²) in [5, 5.41) is 13.8. The molecule has 8 heteroatoms. The summed E-state index contributed by atoms with van der Waals surface area (Å²) in [5.41, 5.74) is 4.95. The van der Waals surface area contributed by atoms with Crippen molar-refractivity contribution in [3.63, 3.8) is 0 Å². The van der Waals surface area contributed by atoms with Crippen LogP contribution in [0.25, 0.3) is 0 Å². The maximum Gasteiger partial charge on any atom is 0.326 e. The summed E-state index contributed by atoms with van der Waals surface area (Å²) in [6.45, 7) is 1.40. The summed E-state index contributed by atoms with van der Waals surface area (Å²) < 4.78 is 0. The molecule has 0 saturated carbocycles. The molecule has 0 spiro atoms. The maximum absolute atomic E-state index is 11.5. The van der Waals surface area contributed by atoms with Crippen molar-refractivity contribution in [3.05, 3.63) is 0 Å². The van der Waals surface area contributed by atoms with E-state index in [4.69, 9.17) is 10.8 Å². The average molecular weight is 288 g/mol. The largest absolute Gasteiger partial charge is 0.480 e. The van der Waals surface area contributed by atoms with Gasteiger partial charge in [-0.05, 0) is 39.9 Å². The van der Waals surface area contributed by atoms with Crippen LogP contribution in [0.5, 0.6) is 0 Å². The van der Waals surface area contributed by atoms with Crippen molar-refractivity contribution in [2.75, 3.05) is 27.2 Å². The van der Waals surface area contributed by atoms with E-state index in [0.717, 1.165) is 19.4 Å². The van der Waals surface area contributed by atoms with Gasteiger partial charge in [0, 0.05) is 13.0 Å². The van der Waals surface area contributed by atoms with E-state index in [1.54, 1.807) is 0 Å². The molecule has 20 heavy (non-hydrogen) atoms. The van der Waals surface area contributed by atoms with Gasteiger partial charge in [-0.1, -0.05) is 0 Å². The van der Waals surface area contributed by atoms with Gasteiger partial charge in [-0.3, -0.25) is 4.79 Å². The van der Waals surface area contributed by atoms with Crippen LogP contribution in [0.2, 0.25) is 0 Å². The van der Waals surface area contributed by atoms with Crippen molar-refractivity contribution in [1.82, 2.24) is 15.5 Å². The van der Waals surface area contributed by atoms with Crippen LogP contribution in [0.3, 0.4) is 0 Å². The summed E-state index contributed by atoms with van der Waals surface area (Å²) in [6, 6.07) is -1.66. The van der Waals surface area contributed by atoms with Crippen LogP contribution < -0.4 is 16.4 Å². The zero-order valence-electron chi connectivity index (χ0n) is 12.0. The van der Waals surface area contributed by atoms with Gasteiger partial charge in [-0.2, -0.15) is 0 Å². The van der Waals surface area contributed by atoms with E-state index >= 15 is 0 Å². The highest BCUT2D eigenvalue weighted by molar-refractivity contribution is 5.83. The van der Waals surface area contributed by atoms with E-state index < -0.39 is 23.9 Å². The van der Waals surface area contributed by atoms with Crippen LogP contribution in [-0.2, 0) is 9.59 Å². The summed E-state index contributed by atoms with van der Waals surface area (Å²) in [7, 11) is 3.94. The van der Waals surface area contributed by atoms with E-state index in [9.17, 15) is 14.4 Å². The number of hydrogen-bond acceptors (Lipinski definition) is 4. The van der Waals surface area contributed by atoms with Crippen LogP contribution in [0, 0.1) is 0 Å². The molecule has 1 unspecified atom stereocenters. The number of nitrogens with one attached hydrogen (secondary N) is 2. The van der Waals surface area contributed by atoms with Crippen LogP contribution in [0.15, 0.2) is 0 Å². The third kappa shape index (κ3) is 10.1. The lowest BCUT2D eigenvalue weighted by molar-refractivity contribution is -0.139. The minimum absolute atomic E-state index is 0.0152. The first-order valence-electron chi connectivity index (χ1n) is 6.53. The first kappa shape index (κ1) is 18.2. The third-order valence-corrected chi connectivity index (χ3v) is 2.60. The van der Waals surface area contributed by atoms with Gasteiger partial charge >= 0.3 is 12.0 Å². The first-order chi connectivity index (χ1) is 9.32. The average Bonchev–Trinajstić information content (AvgIpc) is 2.32. The van der Waals surface area contributed by atoms with Crippen molar-refractivity contribution in [3.8, 4) is 0 Å². The first-order valence-corrected chi connectivity index (χ1v) is 6.53. The Morgan fingerprint density at radius 1 is 1.25 bits per heavy atom. The lowest BCUT2D eigenvalue weighted by Gasteiger charge is -2.14. The Bertz CT molecular complexity index is 333. The standard InChI is InChI=1S/C12H24N4O4/c1-16(2)8-4-3-7-14-12(20)15-9(11(18)19)5-6-10(13)17/h9H,3-8H2,1-2H3,(H2,13,17)(H,18,19)(H2,14,15,20). The molecule has 0 saturated heterocycles. The van der Waals surface area contributed by atoms with Crippen molar-refractivity contribution < 1.29 is 19.5 Å². The highest BCUT2D eigenvalue weighted by Crippen LogP contribution is 1.97. The smallest absolute Gasteiger partial charge is 0.326 e. The number of nitrogens with zero attached hydrogens (tertiary/aromatic N) is 1. The number of amides is 3. The minimum Gasteiger partial charge on any atom is -0.480 e. The van der Waals surface area contributed by atoms with Crippen molar-refractivity contribution in [1.29, 1.82) is 0 Å². The molecule has 116 valence electrons. The topological polar surface area (TPSA) is 125 Å². The molecule has 0 rings (SSSR count). The molecule has 0 bridgehead atoms. The predicted octanol–water partition coefficient (Wildman–Crippen LogP) is -0.654. The van der Waals surface area contributed by atoms with Crippen LogP contribution in [0.1, 0.15) is 25.7 Å². The number of nitrogens with two attached hydrogens (primary N) is 1. The van der Waals surface area contributed by atoms with Gasteiger partial charge in [-0.15, -0.1) is 0 Å². The highest BCUT2D eigenvalue weighted by Gasteiger charge is 2.20. The number of urea groups is 1. The van der Waals surface area contributed by atoms with E-state index in [2.05, 4.69) is 10.6 Å². The highest BCUT2D eigenvalue weighted by atomic mass is 16.4. The molecule has 0 aromatic carbocycles. The van der Waals surface area contributed by atoms with E-state index in [-0.39, 0.29) is 12.8 Å². The Kier molecular flexibility index (Phi) is 9.10. The molecule has 0 aromatic rings. The SMILES string of the molecule is CN(C)CCCCNC(=O)NC(CCC(N)=O)C(=O)O. The number of aliphatic carboxylic acids is 1. The normalized spacial score (nSPS) is 11.9. The molecule has 8 nitrogen and oxygen atoms in total. The zero-order chi connectivity index (χ0) is 15.5. The Morgan fingerprint density at radius 3 is 2.40 bits per heavy atom. The van der Waals surface area contributed by atoms with Gasteiger partial charge in [0.2, 0.25) is 5.91 Å². The Labute approximate surface area is 118 Å². The van der Waals surface area contributed by atoms with Gasteiger partial charge in [0.05, 0.1) is 0 Å². The number of primary amides is 1. The van der Waals surface area contributed by atoms with Gasteiger partial charge in [0.15, 0.2) is 0 Å². The summed E-state index contributed by atoms with van der Waals surface area (Å²) in [5.74, 6) is -1.78. The molecule has 3 amide bonds. The zero-order valence-corrected chi connectivity index (χ0v) is 12.0. The number of carboxylic acids is 1. The quantitative estimate of drug-likeness (QED) is 0.397. The molecule has 0 aromatic heterocycles. The number of carbonyl (C=O) groups is 3. The van der Waals surface area contributed by atoms with E-state index in [1.807, 2.05) is 19.0 Å². The Morgan fingerprint density at radius 2 is 1.90 bits per heavy atom. The van der Waals surface area contributed by atoms with E-state index in [1.165, 1.54) is 0 Å². The monoisotopic (exact) mass is 288 g/mol. The van der Waals surface area contributed by atoms with E-state index in [0.29, 0.717) is 6.54 Å². The maximum atomic E-state index is 11.5. The van der Waals surface area contributed by atoms with Gasteiger partial charge in [-0.25, -0.2) is 9.59 Å². The summed E-state index contributed by atoms with van der Waals surface area (Å²) in [6.07, 6.45) is 1.65. The second kappa shape index (κ2) is 10.0. The summed E-state index contributed by atoms with van der Waals surface area (Å²) >= 11 is 0. The fraction of sp³-hybridized carbons (Fsp3) is 0.750.